The van der Waals surface area contributed by atoms with Crippen molar-refractivity contribution in [2.75, 3.05) is 13.1 Å². The molecule has 0 bridgehead atoms. The predicted molar refractivity (Wildman–Crippen MR) is 70.3 cm³/mol. The van der Waals surface area contributed by atoms with Crippen LogP contribution in [0, 0.1) is 5.41 Å². The summed E-state index contributed by atoms with van der Waals surface area (Å²) in [5, 5.41) is 0. The smallest absolute Gasteiger partial charge is 0.00388 e. The Bertz CT molecular complexity index is 144. The molecule has 0 aromatic carbocycles. The van der Waals surface area contributed by atoms with E-state index in [1.54, 1.807) is 0 Å². The molecule has 0 atom stereocenters. The minimum Gasteiger partial charge on any atom is -0.300 e. The lowest BCUT2D eigenvalue weighted by Crippen LogP contribution is -2.38. The molecule has 0 aromatic rings. The van der Waals surface area contributed by atoms with Crippen LogP contribution in [0.5, 0.6) is 0 Å². The largest absolute Gasteiger partial charge is 0.300 e. The second-order valence-electron chi connectivity index (χ2n) is 6.19. The summed E-state index contributed by atoms with van der Waals surface area (Å²) in [5.74, 6) is 0. The molecule has 1 heteroatoms. The minimum atomic E-state index is 0.426. The zero-order chi connectivity index (χ0) is 11.9. The van der Waals surface area contributed by atoms with Gasteiger partial charge in [0.15, 0.2) is 0 Å². The number of hydrogen-bond acceptors (Lipinski definition) is 1. The van der Waals surface area contributed by atoms with Crippen molar-refractivity contribution in [2.45, 2.75) is 73.3 Å². The molecule has 0 N–H and O–H groups in total. The second kappa shape index (κ2) is 7.27. The summed E-state index contributed by atoms with van der Waals surface area (Å²) in [6.07, 6.45) is 5.48. The summed E-state index contributed by atoms with van der Waals surface area (Å²) >= 11 is 0. The molecule has 0 spiro atoms. The molecule has 1 nitrogen and oxygen atoms in total. The van der Waals surface area contributed by atoms with Gasteiger partial charge in [-0.15, -0.1) is 0 Å². The zero-order valence-corrected chi connectivity index (χ0v) is 11.8. The summed E-state index contributed by atoms with van der Waals surface area (Å²) < 4.78 is 0. The van der Waals surface area contributed by atoms with Crippen molar-refractivity contribution in [1.82, 2.24) is 4.90 Å². The molecule has 0 amide bonds. The van der Waals surface area contributed by atoms with Gasteiger partial charge >= 0.3 is 0 Å². The summed E-state index contributed by atoms with van der Waals surface area (Å²) in [6, 6.07) is 0.686. The Balaban J connectivity index is 3.84. The van der Waals surface area contributed by atoms with Gasteiger partial charge in [-0.2, -0.15) is 0 Å². The lowest BCUT2D eigenvalue weighted by molar-refractivity contribution is 0.152. The standard InChI is InChI=1S/C14H31N/c1-7-8-9-10-11-15(13(2)3)12-14(4,5)6/h13H,7-12H2,1-6H3. The van der Waals surface area contributed by atoms with E-state index in [0.29, 0.717) is 11.5 Å². The molecule has 0 radical (unpaired) electrons. The van der Waals surface area contributed by atoms with Gasteiger partial charge in [-0.3, -0.25) is 0 Å². The first-order valence-corrected chi connectivity index (χ1v) is 6.61. The average Bonchev–Trinajstić information content (AvgIpc) is 2.08. The molecule has 0 aliphatic carbocycles. The number of rotatable bonds is 7. The maximum atomic E-state index is 2.62. The van der Waals surface area contributed by atoms with Gasteiger partial charge in [0.1, 0.15) is 0 Å². The Kier molecular flexibility index (Phi) is 7.25. The van der Waals surface area contributed by atoms with Crippen LogP contribution >= 0.6 is 0 Å². The molecule has 0 rings (SSSR count). The third-order valence-electron chi connectivity index (χ3n) is 2.71. The summed E-state index contributed by atoms with van der Waals surface area (Å²) in [6.45, 7) is 16.4. The maximum Gasteiger partial charge on any atom is 0.00388 e. The van der Waals surface area contributed by atoms with Crippen LogP contribution in [0.1, 0.15) is 67.2 Å². The highest BCUT2D eigenvalue weighted by atomic mass is 15.1. The van der Waals surface area contributed by atoms with Crippen LogP contribution < -0.4 is 0 Å². The quantitative estimate of drug-likeness (QED) is 0.569. The Morgan fingerprint density at radius 3 is 2.00 bits per heavy atom. The number of nitrogens with zero attached hydrogens (tertiary/aromatic N) is 1. The molecule has 0 aliphatic rings. The first kappa shape index (κ1) is 15.0. The van der Waals surface area contributed by atoms with Crippen molar-refractivity contribution < 1.29 is 0 Å². The van der Waals surface area contributed by atoms with Crippen LogP contribution in [-0.2, 0) is 0 Å². The zero-order valence-electron chi connectivity index (χ0n) is 11.8. The van der Waals surface area contributed by atoms with Crippen molar-refractivity contribution >= 4 is 0 Å². The first-order chi connectivity index (χ1) is 6.87. The van der Waals surface area contributed by atoms with E-state index in [2.05, 4.69) is 46.4 Å². The van der Waals surface area contributed by atoms with Gasteiger partial charge in [0.2, 0.25) is 0 Å². The van der Waals surface area contributed by atoms with E-state index in [-0.39, 0.29) is 0 Å². The molecule has 0 aromatic heterocycles. The highest BCUT2D eigenvalue weighted by Gasteiger charge is 2.17. The first-order valence-electron chi connectivity index (χ1n) is 6.61. The Labute approximate surface area is 97.2 Å². The van der Waals surface area contributed by atoms with Crippen LogP contribution in [-0.4, -0.2) is 24.0 Å². The molecule has 0 saturated heterocycles. The molecule has 0 saturated carbocycles. The van der Waals surface area contributed by atoms with Crippen LogP contribution in [0.25, 0.3) is 0 Å². The van der Waals surface area contributed by atoms with Gasteiger partial charge in [0, 0.05) is 12.6 Å². The molecule has 92 valence electrons. The predicted octanol–water partition coefficient (Wildman–Crippen LogP) is 4.32. The third kappa shape index (κ3) is 8.92. The van der Waals surface area contributed by atoms with Crippen LogP contribution in [0.15, 0.2) is 0 Å². The number of hydrogen-bond donors (Lipinski definition) is 0. The highest BCUT2D eigenvalue weighted by molar-refractivity contribution is 4.71. The molecule has 15 heavy (non-hydrogen) atoms. The van der Waals surface area contributed by atoms with Crippen molar-refractivity contribution in [2.24, 2.45) is 5.41 Å². The maximum absolute atomic E-state index is 2.62. The molecule has 0 heterocycles. The average molecular weight is 213 g/mol. The fraction of sp³-hybridized carbons (Fsp3) is 1.00. The SMILES string of the molecule is CCCCCCN(CC(C)(C)C)C(C)C. The molecular weight excluding hydrogens is 182 g/mol. The van der Waals surface area contributed by atoms with Gasteiger partial charge in [0.05, 0.1) is 0 Å². The molecule has 0 unspecified atom stereocenters. The molecule has 0 aliphatic heterocycles. The van der Waals surface area contributed by atoms with Crippen LogP contribution in [0.4, 0.5) is 0 Å². The van der Waals surface area contributed by atoms with Crippen LogP contribution in [0.3, 0.4) is 0 Å². The van der Waals surface area contributed by atoms with E-state index in [1.807, 2.05) is 0 Å². The lowest BCUT2D eigenvalue weighted by atomic mass is 9.95. The van der Waals surface area contributed by atoms with E-state index in [0.717, 1.165) is 0 Å². The lowest BCUT2D eigenvalue weighted by Gasteiger charge is -2.33. The molecule has 0 fully saturated rings. The van der Waals surface area contributed by atoms with Crippen molar-refractivity contribution in [3.8, 4) is 0 Å². The minimum absolute atomic E-state index is 0.426. The van der Waals surface area contributed by atoms with Crippen LogP contribution in [0.2, 0.25) is 0 Å². The van der Waals surface area contributed by atoms with E-state index >= 15 is 0 Å². The van der Waals surface area contributed by atoms with Crippen molar-refractivity contribution in [3.05, 3.63) is 0 Å². The fourth-order valence-corrected chi connectivity index (χ4v) is 1.87. The second-order valence-corrected chi connectivity index (χ2v) is 6.19. The van der Waals surface area contributed by atoms with Gasteiger partial charge in [0.25, 0.3) is 0 Å². The Morgan fingerprint density at radius 1 is 1.00 bits per heavy atom. The Hall–Kier alpha value is -0.0400. The van der Waals surface area contributed by atoms with E-state index in [9.17, 15) is 0 Å². The third-order valence-corrected chi connectivity index (χ3v) is 2.71. The summed E-state index contributed by atoms with van der Waals surface area (Å²) in [7, 11) is 0. The topological polar surface area (TPSA) is 3.24 Å². The van der Waals surface area contributed by atoms with Gasteiger partial charge in [-0.25, -0.2) is 0 Å². The normalized spacial score (nSPS) is 12.8. The monoisotopic (exact) mass is 213 g/mol. The number of unbranched alkanes of at least 4 members (excludes halogenated alkanes) is 3. The highest BCUT2D eigenvalue weighted by Crippen LogP contribution is 2.17. The van der Waals surface area contributed by atoms with Crippen molar-refractivity contribution in [3.63, 3.8) is 0 Å². The van der Waals surface area contributed by atoms with E-state index < -0.39 is 0 Å². The Morgan fingerprint density at radius 2 is 1.60 bits per heavy atom. The van der Waals surface area contributed by atoms with E-state index in [1.165, 1.54) is 38.8 Å². The van der Waals surface area contributed by atoms with E-state index in [4.69, 9.17) is 0 Å². The summed E-state index contributed by atoms with van der Waals surface area (Å²) in [4.78, 5) is 2.62. The summed E-state index contributed by atoms with van der Waals surface area (Å²) in [5.41, 5.74) is 0.426. The van der Waals surface area contributed by atoms with Gasteiger partial charge in [-0.05, 0) is 32.2 Å². The van der Waals surface area contributed by atoms with Crippen molar-refractivity contribution in [1.29, 1.82) is 0 Å². The fourth-order valence-electron chi connectivity index (χ4n) is 1.87. The van der Waals surface area contributed by atoms with Gasteiger partial charge in [-0.1, -0.05) is 47.0 Å². The van der Waals surface area contributed by atoms with Gasteiger partial charge < -0.3 is 4.90 Å². The molecular formula is C14H31N.